The van der Waals surface area contributed by atoms with Crippen molar-refractivity contribution in [2.24, 2.45) is 0 Å². The first-order chi connectivity index (χ1) is 15.8. The molecule has 0 saturated carbocycles. The molecule has 0 spiro atoms. The number of para-hydroxylation sites is 1. The molecule has 2 aromatic carbocycles. The van der Waals surface area contributed by atoms with Crippen molar-refractivity contribution in [3.05, 3.63) is 91.7 Å². The molecule has 0 bridgehead atoms. The van der Waals surface area contributed by atoms with Gasteiger partial charge < -0.3 is 0 Å². The third-order valence-electron chi connectivity index (χ3n) is 5.32. The van der Waals surface area contributed by atoms with E-state index in [4.69, 9.17) is 0 Å². The number of hydrogen-bond acceptors (Lipinski definition) is 4. The fourth-order valence-electron chi connectivity index (χ4n) is 3.59. The molecule has 2 atom stereocenters. The van der Waals surface area contributed by atoms with Crippen molar-refractivity contribution in [3.8, 4) is 0 Å². The second kappa shape index (κ2) is 10.9. The summed E-state index contributed by atoms with van der Waals surface area (Å²) in [4.78, 5) is 13.3. The van der Waals surface area contributed by atoms with E-state index in [1.165, 1.54) is 21.0 Å². The number of carbonyl (C=O) groups excluding carboxylic acids is 1. The highest BCUT2D eigenvalue weighted by molar-refractivity contribution is 7.89. The van der Waals surface area contributed by atoms with Gasteiger partial charge >= 0.3 is 0 Å². The van der Waals surface area contributed by atoms with Crippen molar-refractivity contribution >= 4 is 37.6 Å². The van der Waals surface area contributed by atoms with Gasteiger partial charge in [0, 0.05) is 47.6 Å². The molecule has 0 aliphatic heterocycles. The number of rotatable bonds is 11. The van der Waals surface area contributed by atoms with Crippen molar-refractivity contribution in [2.75, 3.05) is 18.8 Å². The molecule has 0 aliphatic carbocycles. The highest BCUT2D eigenvalue weighted by atomic mass is 32.2. The molecule has 0 N–H and O–H groups in total. The second-order valence-electron chi connectivity index (χ2n) is 7.72. The maximum Gasteiger partial charge on any atom is 0.243 e. The molecule has 0 fully saturated rings. The molecule has 33 heavy (non-hydrogen) atoms. The van der Waals surface area contributed by atoms with Crippen LogP contribution in [0.1, 0.15) is 16.8 Å². The standard InChI is InChI=1S/C25H28N2O4S2/c1-4-15-26(33(30,31)23-12-10-20(3)11-13-23)19-22(32(29)17-5-2)18-25(28)27-16-14-21-8-6-7-9-24(21)27/h4-14,16,22H,1-2,15,17-19H2,3H3. The first-order valence-electron chi connectivity index (χ1n) is 10.5. The van der Waals surface area contributed by atoms with Crippen LogP contribution in [-0.2, 0) is 20.8 Å². The summed E-state index contributed by atoms with van der Waals surface area (Å²) in [5.74, 6) is -0.0819. The molecule has 1 aromatic heterocycles. The van der Waals surface area contributed by atoms with Crippen LogP contribution in [0.4, 0.5) is 0 Å². The minimum absolute atomic E-state index is 0.0403. The van der Waals surface area contributed by atoms with Gasteiger partial charge in [0.25, 0.3) is 0 Å². The SMILES string of the molecule is C=CCN(CC(CC(=O)n1ccc2ccccc21)S(=O)CC=C)S(=O)(=O)c1ccc(C)cc1. The molecule has 8 heteroatoms. The van der Waals surface area contributed by atoms with E-state index in [9.17, 15) is 17.4 Å². The van der Waals surface area contributed by atoms with Gasteiger partial charge in [-0.2, -0.15) is 4.31 Å². The predicted molar refractivity (Wildman–Crippen MR) is 134 cm³/mol. The van der Waals surface area contributed by atoms with Crippen LogP contribution >= 0.6 is 0 Å². The highest BCUT2D eigenvalue weighted by Gasteiger charge is 2.30. The number of carbonyl (C=O) groups is 1. The Bertz CT molecular complexity index is 1280. The van der Waals surface area contributed by atoms with Gasteiger partial charge in [-0.05, 0) is 31.2 Å². The summed E-state index contributed by atoms with van der Waals surface area (Å²) in [6.07, 6.45) is 4.62. The number of nitrogens with zero attached hydrogens (tertiary/aromatic N) is 2. The topological polar surface area (TPSA) is 76.5 Å². The quantitative estimate of drug-likeness (QED) is 0.383. The maximum atomic E-state index is 13.3. The normalized spacial score (nSPS) is 13.6. The van der Waals surface area contributed by atoms with E-state index in [1.54, 1.807) is 30.5 Å². The summed E-state index contributed by atoms with van der Waals surface area (Å²) >= 11 is 0. The lowest BCUT2D eigenvalue weighted by Crippen LogP contribution is -2.41. The van der Waals surface area contributed by atoms with Crippen LogP contribution in [0.25, 0.3) is 10.9 Å². The minimum Gasteiger partial charge on any atom is -0.287 e. The van der Waals surface area contributed by atoms with Crippen molar-refractivity contribution in [2.45, 2.75) is 23.5 Å². The van der Waals surface area contributed by atoms with Crippen LogP contribution < -0.4 is 0 Å². The minimum atomic E-state index is -3.86. The van der Waals surface area contributed by atoms with E-state index >= 15 is 0 Å². The number of hydrogen-bond donors (Lipinski definition) is 0. The Morgan fingerprint density at radius 3 is 2.45 bits per heavy atom. The lowest BCUT2D eigenvalue weighted by molar-refractivity contribution is 0.0905. The zero-order chi connectivity index (χ0) is 24.0. The predicted octanol–water partition coefficient (Wildman–Crippen LogP) is 4.16. The first-order valence-corrected chi connectivity index (χ1v) is 13.3. The molecule has 2 unspecified atom stereocenters. The van der Waals surface area contributed by atoms with Gasteiger partial charge in [-0.15, -0.1) is 13.2 Å². The van der Waals surface area contributed by atoms with Crippen LogP contribution in [0.3, 0.4) is 0 Å². The molecule has 3 rings (SSSR count). The van der Waals surface area contributed by atoms with Gasteiger partial charge in [0.05, 0.1) is 15.7 Å². The molecular weight excluding hydrogens is 456 g/mol. The third kappa shape index (κ3) is 5.76. The lowest BCUT2D eigenvalue weighted by atomic mass is 10.2. The monoisotopic (exact) mass is 484 g/mol. The summed E-state index contributed by atoms with van der Waals surface area (Å²) in [5.41, 5.74) is 1.70. The largest absolute Gasteiger partial charge is 0.287 e. The number of fused-ring (bicyclic) bond motifs is 1. The number of aryl methyl sites for hydroxylation is 1. The van der Waals surface area contributed by atoms with E-state index in [0.29, 0.717) is 0 Å². The average molecular weight is 485 g/mol. The van der Waals surface area contributed by atoms with Gasteiger partial charge in [0.2, 0.25) is 15.9 Å². The molecule has 0 amide bonds. The van der Waals surface area contributed by atoms with Crippen LogP contribution in [0, 0.1) is 6.92 Å². The number of sulfonamides is 1. The van der Waals surface area contributed by atoms with Crippen molar-refractivity contribution in [1.29, 1.82) is 0 Å². The smallest absolute Gasteiger partial charge is 0.243 e. The first kappa shape index (κ1) is 24.8. The lowest BCUT2D eigenvalue weighted by Gasteiger charge is -2.25. The van der Waals surface area contributed by atoms with Gasteiger partial charge in [0.15, 0.2) is 0 Å². The molecule has 0 radical (unpaired) electrons. The molecular formula is C25H28N2O4S2. The summed E-state index contributed by atoms with van der Waals surface area (Å²) in [7, 11) is -5.35. The van der Waals surface area contributed by atoms with Crippen LogP contribution in [0.2, 0.25) is 0 Å². The fourth-order valence-corrected chi connectivity index (χ4v) is 6.32. The van der Waals surface area contributed by atoms with Crippen LogP contribution in [0.5, 0.6) is 0 Å². The number of aromatic nitrogens is 1. The maximum absolute atomic E-state index is 13.3. The van der Waals surface area contributed by atoms with E-state index in [-0.39, 0.29) is 36.1 Å². The summed E-state index contributed by atoms with van der Waals surface area (Å²) in [5, 5.41) is 0.210. The third-order valence-corrected chi connectivity index (χ3v) is 8.79. The summed E-state index contributed by atoms with van der Waals surface area (Å²) in [6, 6.07) is 15.9. The zero-order valence-corrected chi connectivity index (χ0v) is 20.2. The number of benzene rings is 2. The highest BCUT2D eigenvalue weighted by Crippen LogP contribution is 2.21. The molecule has 1 heterocycles. The average Bonchev–Trinajstić information content (AvgIpc) is 3.23. The van der Waals surface area contributed by atoms with Gasteiger partial charge in [-0.1, -0.05) is 48.0 Å². The van der Waals surface area contributed by atoms with Gasteiger partial charge in [0.1, 0.15) is 0 Å². The molecule has 0 saturated heterocycles. The Morgan fingerprint density at radius 1 is 1.09 bits per heavy atom. The fraction of sp³-hybridized carbons (Fsp3) is 0.240. The Hall–Kier alpha value is -2.81. The van der Waals surface area contributed by atoms with E-state index in [0.717, 1.165) is 16.5 Å². The molecule has 174 valence electrons. The summed E-state index contributed by atoms with van der Waals surface area (Å²) in [6.45, 7) is 9.16. The van der Waals surface area contributed by atoms with Crippen molar-refractivity contribution in [3.63, 3.8) is 0 Å². The Kier molecular flexibility index (Phi) is 8.18. The van der Waals surface area contributed by atoms with Crippen LogP contribution in [0.15, 0.2) is 91.0 Å². The van der Waals surface area contributed by atoms with Crippen molar-refractivity contribution < 1.29 is 17.4 Å². The molecule has 0 aliphatic rings. The van der Waals surface area contributed by atoms with Crippen molar-refractivity contribution in [1.82, 2.24) is 8.87 Å². The van der Waals surface area contributed by atoms with E-state index < -0.39 is 26.1 Å². The Morgan fingerprint density at radius 2 is 1.79 bits per heavy atom. The van der Waals surface area contributed by atoms with E-state index in [2.05, 4.69) is 13.2 Å². The van der Waals surface area contributed by atoms with Gasteiger partial charge in [-0.3, -0.25) is 13.6 Å². The zero-order valence-electron chi connectivity index (χ0n) is 18.6. The van der Waals surface area contributed by atoms with Crippen LogP contribution in [-0.4, -0.2) is 51.5 Å². The molecule has 6 nitrogen and oxygen atoms in total. The van der Waals surface area contributed by atoms with Gasteiger partial charge in [-0.25, -0.2) is 8.42 Å². The Labute approximate surface area is 197 Å². The second-order valence-corrected chi connectivity index (χ2v) is 11.4. The summed E-state index contributed by atoms with van der Waals surface area (Å²) < 4.78 is 42.4. The Balaban J connectivity index is 1.90. The van der Waals surface area contributed by atoms with E-state index in [1.807, 2.05) is 37.3 Å². The molecule has 3 aromatic rings.